The summed E-state index contributed by atoms with van der Waals surface area (Å²) < 4.78 is 17.1. The van der Waals surface area contributed by atoms with E-state index in [1.165, 1.54) is 17.8 Å². The van der Waals surface area contributed by atoms with Crippen molar-refractivity contribution in [3.63, 3.8) is 0 Å². The Bertz CT molecular complexity index is 1190. The van der Waals surface area contributed by atoms with E-state index in [-0.39, 0.29) is 28.1 Å². The van der Waals surface area contributed by atoms with Gasteiger partial charge in [-0.15, -0.1) is 0 Å². The predicted octanol–water partition coefficient (Wildman–Crippen LogP) is 3.82. The van der Waals surface area contributed by atoms with Crippen molar-refractivity contribution >= 4 is 34.2 Å². The molecule has 1 aromatic heterocycles. The summed E-state index contributed by atoms with van der Waals surface area (Å²) in [7, 11) is 1.94. The van der Waals surface area contributed by atoms with Crippen LogP contribution in [-0.2, 0) is 0 Å². The third kappa shape index (κ3) is 3.26. The zero-order valence-electron chi connectivity index (χ0n) is 17.5. The first-order valence-electron chi connectivity index (χ1n) is 10.7. The van der Waals surface area contributed by atoms with Gasteiger partial charge < -0.3 is 19.9 Å². The molecule has 0 radical (unpaired) electrons. The van der Waals surface area contributed by atoms with Gasteiger partial charge in [-0.05, 0) is 45.2 Å². The van der Waals surface area contributed by atoms with Crippen LogP contribution in [0.3, 0.4) is 0 Å². The van der Waals surface area contributed by atoms with Crippen molar-refractivity contribution in [2.75, 3.05) is 25.0 Å². The van der Waals surface area contributed by atoms with Crippen LogP contribution in [0.25, 0.3) is 10.9 Å². The summed E-state index contributed by atoms with van der Waals surface area (Å²) in [6.07, 6.45) is 6.35. The Hall–Kier alpha value is -2.38. The number of pyridine rings is 1. The van der Waals surface area contributed by atoms with Crippen LogP contribution >= 0.6 is 11.6 Å². The molecule has 0 amide bonds. The molecule has 2 N–H and O–H groups in total. The largest absolute Gasteiger partial charge is 0.477 e. The van der Waals surface area contributed by atoms with E-state index in [1.54, 1.807) is 4.57 Å². The minimum Gasteiger partial charge on any atom is -0.477 e. The number of carboxylic acids is 1. The molecule has 1 saturated heterocycles. The predicted molar refractivity (Wildman–Crippen MR) is 119 cm³/mol. The standard InChI is InChI=1S/C23H25ClFN3O3/c1-11-5-12-8-27(9-15(12)18(6-11)26-2)21-17(25)7-14-20(19(21)24)28(13-3-4-13)10-16(22(14)29)23(30)31/h6-7,10,12-13,15,18,26H,3-5,8-9H2,1-2H3,(H,30,31). The van der Waals surface area contributed by atoms with E-state index < -0.39 is 17.2 Å². The number of aromatic carboxylic acids is 1. The highest BCUT2D eigenvalue weighted by Crippen LogP contribution is 2.45. The van der Waals surface area contributed by atoms with E-state index in [2.05, 4.69) is 18.3 Å². The monoisotopic (exact) mass is 445 g/mol. The number of fused-ring (bicyclic) bond motifs is 2. The van der Waals surface area contributed by atoms with E-state index in [9.17, 15) is 14.7 Å². The fourth-order valence-corrected chi connectivity index (χ4v) is 5.83. The maximum absolute atomic E-state index is 15.4. The van der Waals surface area contributed by atoms with Gasteiger partial charge in [-0.1, -0.05) is 23.3 Å². The van der Waals surface area contributed by atoms with Gasteiger partial charge in [0.15, 0.2) is 0 Å². The Balaban J connectivity index is 1.65. The number of nitrogens with one attached hydrogen (secondary N) is 1. The number of hydrogen-bond acceptors (Lipinski definition) is 4. The maximum atomic E-state index is 15.4. The van der Waals surface area contributed by atoms with E-state index in [0.29, 0.717) is 36.1 Å². The first kappa shape index (κ1) is 20.5. The Labute approximate surface area is 184 Å². The van der Waals surface area contributed by atoms with E-state index in [1.807, 2.05) is 11.9 Å². The van der Waals surface area contributed by atoms with Crippen LogP contribution < -0.4 is 15.6 Å². The molecule has 31 heavy (non-hydrogen) atoms. The molecule has 2 heterocycles. The minimum atomic E-state index is -1.31. The summed E-state index contributed by atoms with van der Waals surface area (Å²) in [5, 5.41) is 13.0. The van der Waals surface area contributed by atoms with Gasteiger partial charge in [-0.3, -0.25) is 4.79 Å². The lowest BCUT2D eigenvalue weighted by atomic mass is 9.79. The molecular weight excluding hydrogens is 421 g/mol. The van der Waals surface area contributed by atoms with E-state index >= 15 is 4.39 Å². The van der Waals surface area contributed by atoms with Gasteiger partial charge in [0.2, 0.25) is 5.43 Å². The summed E-state index contributed by atoms with van der Waals surface area (Å²) >= 11 is 6.79. The van der Waals surface area contributed by atoms with Gasteiger partial charge >= 0.3 is 5.97 Å². The Morgan fingerprint density at radius 1 is 1.32 bits per heavy atom. The minimum absolute atomic E-state index is 0.0280. The molecule has 3 atom stereocenters. The maximum Gasteiger partial charge on any atom is 0.341 e. The number of anilines is 1. The molecule has 3 aliphatic rings. The van der Waals surface area contributed by atoms with Crippen molar-refractivity contribution in [3.8, 4) is 0 Å². The van der Waals surface area contributed by atoms with Crippen molar-refractivity contribution in [3.05, 3.63) is 50.5 Å². The van der Waals surface area contributed by atoms with Crippen LogP contribution in [0.1, 0.15) is 42.6 Å². The number of carbonyl (C=O) groups is 1. The van der Waals surface area contributed by atoms with Crippen molar-refractivity contribution in [1.29, 1.82) is 0 Å². The van der Waals surface area contributed by atoms with Gasteiger partial charge in [0.1, 0.15) is 11.4 Å². The zero-order chi connectivity index (χ0) is 22.0. The third-order valence-corrected chi connectivity index (χ3v) is 7.36. The molecule has 0 spiro atoms. The molecule has 1 saturated carbocycles. The topological polar surface area (TPSA) is 74.6 Å². The Kier molecular flexibility index (Phi) is 4.86. The second-order valence-electron chi connectivity index (χ2n) is 9.09. The normalized spacial score (nSPS) is 25.6. The van der Waals surface area contributed by atoms with Gasteiger partial charge in [0.25, 0.3) is 0 Å². The number of benzene rings is 1. The Morgan fingerprint density at radius 3 is 2.71 bits per heavy atom. The first-order chi connectivity index (χ1) is 14.8. The second kappa shape index (κ2) is 7.35. The second-order valence-corrected chi connectivity index (χ2v) is 9.47. The molecule has 2 aliphatic carbocycles. The molecular formula is C23H25ClFN3O3. The fraction of sp³-hybridized carbons (Fsp3) is 0.478. The fourth-order valence-electron chi connectivity index (χ4n) is 5.43. The van der Waals surface area contributed by atoms with E-state index in [0.717, 1.165) is 19.3 Å². The third-order valence-electron chi connectivity index (χ3n) is 7.01. The number of nitrogens with zero attached hydrogens (tertiary/aromatic N) is 2. The van der Waals surface area contributed by atoms with Crippen LogP contribution in [-0.4, -0.2) is 41.8 Å². The van der Waals surface area contributed by atoms with Crippen molar-refractivity contribution in [2.45, 2.75) is 38.3 Å². The number of likely N-dealkylation sites (N-methyl/N-ethyl adjacent to an activating group) is 1. The molecule has 1 aliphatic heterocycles. The molecule has 0 bridgehead atoms. The van der Waals surface area contributed by atoms with Crippen LogP contribution in [0.5, 0.6) is 0 Å². The number of hydrogen-bond donors (Lipinski definition) is 2. The number of aromatic nitrogens is 1. The smallest absolute Gasteiger partial charge is 0.341 e. The van der Waals surface area contributed by atoms with Gasteiger partial charge in [-0.25, -0.2) is 9.18 Å². The summed E-state index contributed by atoms with van der Waals surface area (Å²) in [5.74, 6) is -1.15. The lowest BCUT2D eigenvalue weighted by Crippen LogP contribution is -2.39. The number of carboxylic acid groups (broad SMARTS) is 1. The summed E-state index contributed by atoms with van der Waals surface area (Å²) in [6.45, 7) is 3.49. The molecule has 3 unspecified atom stereocenters. The highest BCUT2D eigenvalue weighted by atomic mass is 35.5. The summed E-state index contributed by atoms with van der Waals surface area (Å²) in [5.41, 5.74) is 1.03. The van der Waals surface area contributed by atoms with Crippen LogP contribution in [0.2, 0.25) is 5.02 Å². The Morgan fingerprint density at radius 2 is 2.06 bits per heavy atom. The molecule has 8 heteroatoms. The van der Waals surface area contributed by atoms with Gasteiger partial charge in [-0.2, -0.15) is 0 Å². The molecule has 1 aromatic carbocycles. The lowest BCUT2D eigenvalue weighted by molar-refractivity contribution is 0.0695. The average molecular weight is 446 g/mol. The van der Waals surface area contributed by atoms with Crippen LogP contribution in [0.15, 0.2) is 28.7 Å². The molecule has 2 fully saturated rings. The summed E-state index contributed by atoms with van der Waals surface area (Å²) in [4.78, 5) is 26.4. The number of allylic oxidation sites excluding steroid dienone is 1. The molecule has 164 valence electrons. The molecule has 2 aromatic rings. The highest BCUT2D eigenvalue weighted by Gasteiger charge is 2.41. The van der Waals surface area contributed by atoms with Crippen LogP contribution in [0.4, 0.5) is 10.1 Å². The zero-order valence-corrected chi connectivity index (χ0v) is 18.2. The van der Waals surface area contributed by atoms with Crippen LogP contribution in [0, 0.1) is 17.7 Å². The first-order valence-corrected chi connectivity index (χ1v) is 11.1. The lowest BCUT2D eigenvalue weighted by Gasteiger charge is -2.30. The van der Waals surface area contributed by atoms with Gasteiger partial charge in [0, 0.05) is 37.3 Å². The van der Waals surface area contributed by atoms with Gasteiger partial charge in [0.05, 0.1) is 21.6 Å². The number of halogens is 2. The van der Waals surface area contributed by atoms with E-state index in [4.69, 9.17) is 11.6 Å². The average Bonchev–Trinajstić information content (AvgIpc) is 3.47. The van der Waals surface area contributed by atoms with Crippen molar-refractivity contribution in [2.24, 2.45) is 11.8 Å². The quantitative estimate of drug-likeness (QED) is 0.700. The number of rotatable bonds is 4. The van der Waals surface area contributed by atoms with Crippen molar-refractivity contribution < 1.29 is 14.3 Å². The highest BCUT2D eigenvalue weighted by molar-refractivity contribution is 6.38. The SMILES string of the molecule is CNC1C=C(C)CC2CN(c3c(F)cc4c(=O)c(C(=O)O)cn(C5CC5)c4c3Cl)CC21. The molecule has 6 nitrogen and oxygen atoms in total. The van der Waals surface area contributed by atoms with Crippen molar-refractivity contribution in [1.82, 2.24) is 9.88 Å². The molecule has 5 rings (SSSR count). The summed E-state index contributed by atoms with van der Waals surface area (Å²) in [6, 6.07) is 1.48.